The van der Waals surface area contributed by atoms with Gasteiger partial charge in [-0.1, -0.05) is 73.5 Å². The molecule has 34 heavy (non-hydrogen) atoms. The van der Waals surface area contributed by atoms with E-state index >= 15 is 0 Å². The van der Waals surface area contributed by atoms with Crippen LogP contribution < -0.4 is 10.2 Å². The number of hydrogen-bond donors (Lipinski definition) is 1. The molecule has 0 saturated heterocycles. The minimum absolute atomic E-state index is 0.0848. The minimum atomic E-state index is -0.0970. The Hall–Kier alpha value is -2.76. The van der Waals surface area contributed by atoms with Crippen LogP contribution in [0.25, 0.3) is 0 Å². The third-order valence-corrected chi connectivity index (χ3v) is 8.32. The van der Waals surface area contributed by atoms with E-state index in [0.29, 0.717) is 28.6 Å². The fraction of sp³-hybridized carbons (Fsp3) is 0.286. The van der Waals surface area contributed by atoms with Gasteiger partial charge in [-0.05, 0) is 60.7 Å². The van der Waals surface area contributed by atoms with Gasteiger partial charge in [-0.15, -0.1) is 0 Å². The van der Waals surface area contributed by atoms with E-state index in [2.05, 4.69) is 12.2 Å². The summed E-state index contributed by atoms with van der Waals surface area (Å²) in [5, 5.41) is 3.85. The molecule has 2 atom stereocenters. The molecule has 1 aliphatic heterocycles. The highest BCUT2D eigenvalue weighted by Crippen LogP contribution is 2.42. The molecule has 174 valence electrons. The number of carbonyl (C=O) groups is 2. The number of fused-ring (bicyclic) bond motifs is 2. The van der Waals surface area contributed by atoms with Crippen molar-refractivity contribution in [3.05, 3.63) is 88.4 Å². The highest BCUT2D eigenvalue weighted by Gasteiger charge is 2.29. The number of hydrogen-bond acceptors (Lipinski definition) is 3. The SMILES string of the molecule is C[C@H]1CCCC[C@H]1NC(=O)c1ccc2c(c1)N(Cc1ccccc1Cl)C(=O)c1ccccc1S2. The molecule has 1 N–H and O–H groups in total. The molecule has 2 amide bonds. The van der Waals surface area contributed by atoms with E-state index in [9.17, 15) is 9.59 Å². The van der Waals surface area contributed by atoms with Crippen molar-refractivity contribution in [1.29, 1.82) is 0 Å². The van der Waals surface area contributed by atoms with E-state index in [1.807, 2.05) is 66.7 Å². The summed E-state index contributed by atoms with van der Waals surface area (Å²) in [5.74, 6) is 0.292. The molecule has 0 aromatic heterocycles. The van der Waals surface area contributed by atoms with Crippen LogP contribution in [0, 0.1) is 5.92 Å². The predicted octanol–water partition coefficient (Wildman–Crippen LogP) is 6.96. The van der Waals surface area contributed by atoms with Crippen LogP contribution in [0.15, 0.2) is 76.5 Å². The van der Waals surface area contributed by atoms with E-state index in [1.165, 1.54) is 6.42 Å². The maximum absolute atomic E-state index is 13.7. The number of amides is 2. The first kappa shape index (κ1) is 23.0. The number of halogens is 1. The van der Waals surface area contributed by atoms with Gasteiger partial charge in [0.15, 0.2) is 0 Å². The van der Waals surface area contributed by atoms with Gasteiger partial charge in [-0.2, -0.15) is 0 Å². The van der Waals surface area contributed by atoms with Gasteiger partial charge < -0.3 is 10.2 Å². The summed E-state index contributed by atoms with van der Waals surface area (Å²) in [6.07, 6.45) is 4.53. The van der Waals surface area contributed by atoms with Crippen molar-refractivity contribution in [2.24, 2.45) is 5.92 Å². The lowest BCUT2D eigenvalue weighted by molar-refractivity contribution is 0.0908. The summed E-state index contributed by atoms with van der Waals surface area (Å²) < 4.78 is 0. The van der Waals surface area contributed by atoms with Crippen LogP contribution in [0.2, 0.25) is 5.02 Å². The van der Waals surface area contributed by atoms with Crippen LogP contribution in [-0.2, 0) is 6.54 Å². The second-order valence-electron chi connectivity index (χ2n) is 9.11. The summed E-state index contributed by atoms with van der Waals surface area (Å²) in [5.41, 5.74) is 2.81. The summed E-state index contributed by atoms with van der Waals surface area (Å²) in [6, 6.07) is 21.1. The van der Waals surface area contributed by atoms with Crippen LogP contribution in [-0.4, -0.2) is 17.9 Å². The lowest BCUT2D eigenvalue weighted by Gasteiger charge is -2.29. The fourth-order valence-corrected chi connectivity index (χ4v) is 6.05. The van der Waals surface area contributed by atoms with Gasteiger partial charge in [0.05, 0.1) is 17.8 Å². The van der Waals surface area contributed by atoms with Crippen molar-refractivity contribution in [1.82, 2.24) is 5.32 Å². The summed E-state index contributed by atoms with van der Waals surface area (Å²) in [7, 11) is 0. The first-order valence-electron chi connectivity index (χ1n) is 11.8. The number of carbonyl (C=O) groups excluding carboxylic acids is 2. The van der Waals surface area contributed by atoms with E-state index in [1.54, 1.807) is 16.7 Å². The van der Waals surface area contributed by atoms with Gasteiger partial charge in [-0.3, -0.25) is 9.59 Å². The predicted molar refractivity (Wildman–Crippen MR) is 138 cm³/mol. The molecule has 3 aromatic carbocycles. The Kier molecular flexibility index (Phi) is 6.66. The fourth-order valence-electron chi connectivity index (χ4n) is 4.80. The van der Waals surface area contributed by atoms with E-state index in [0.717, 1.165) is 40.3 Å². The zero-order valence-corrected chi connectivity index (χ0v) is 20.7. The minimum Gasteiger partial charge on any atom is -0.349 e. The zero-order chi connectivity index (χ0) is 23.7. The van der Waals surface area contributed by atoms with Gasteiger partial charge in [-0.25, -0.2) is 0 Å². The van der Waals surface area contributed by atoms with Gasteiger partial charge in [0, 0.05) is 26.4 Å². The van der Waals surface area contributed by atoms with Crippen LogP contribution in [0.5, 0.6) is 0 Å². The molecular weight excluding hydrogens is 464 g/mol. The maximum Gasteiger partial charge on any atom is 0.259 e. The average molecular weight is 491 g/mol. The Bertz CT molecular complexity index is 1240. The molecule has 0 unspecified atom stereocenters. The van der Waals surface area contributed by atoms with Crippen molar-refractivity contribution >= 4 is 40.9 Å². The van der Waals surface area contributed by atoms with Crippen molar-refractivity contribution in [2.75, 3.05) is 4.90 Å². The first-order chi connectivity index (χ1) is 16.5. The van der Waals surface area contributed by atoms with Crippen molar-refractivity contribution in [3.8, 4) is 0 Å². The molecule has 0 bridgehead atoms. The summed E-state index contributed by atoms with van der Waals surface area (Å²) >= 11 is 8.01. The van der Waals surface area contributed by atoms with Gasteiger partial charge in [0.25, 0.3) is 11.8 Å². The quantitative estimate of drug-likeness (QED) is 0.430. The molecule has 1 heterocycles. The zero-order valence-electron chi connectivity index (χ0n) is 19.1. The Morgan fingerprint density at radius 2 is 1.79 bits per heavy atom. The standard InChI is InChI=1S/C28H27ClN2O2S/c1-18-8-2-6-12-23(18)30-27(32)19-14-15-26-24(16-19)31(17-20-9-3-5-11-22(20)29)28(33)21-10-4-7-13-25(21)34-26/h3-5,7,9-11,13-16,18,23H,2,6,8,12,17H2,1H3,(H,30,32)/t18-,23+/m0/s1. The Labute approximate surface area is 209 Å². The lowest BCUT2D eigenvalue weighted by atomic mass is 9.86. The number of anilines is 1. The van der Waals surface area contributed by atoms with Crippen LogP contribution >= 0.6 is 23.4 Å². The van der Waals surface area contributed by atoms with E-state index in [4.69, 9.17) is 11.6 Å². The van der Waals surface area contributed by atoms with Crippen LogP contribution in [0.4, 0.5) is 5.69 Å². The monoisotopic (exact) mass is 490 g/mol. The summed E-state index contributed by atoms with van der Waals surface area (Å²) in [4.78, 5) is 30.5. The van der Waals surface area contributed by atoms with Crippen molar-refractivity contribution in [3.63, 3.8) is 0 Å². The maximum atomic E-state index is 13.7. The van der Waals surface area contributed by atoms with Crippen LogP contribution in [0.1, 0.15) is 58.9 Å². The Morgan fingerprint density at radius 3 is 2.62 bits per heavy atom. The molecule has 2 aliphatic rings. The largest absolute Gasteiger partial charge is 0.349 e. The van der Waals surface area contributed by atoms with E-state index in [-0.39, 0.29) is 17.9 Å². The van der Waals surface area contributed by atoms with Gasteiger partial charge >= 0.3 is 0 Å². The highest BCUT2D eigenvalue weighted by molar-refractivity contribution is 7.99. The number of benzene rings is 3. The normalized spacial score (nSPS) is 19.7. The molecular formula is C28H27ClN2O2S. The second-order valence-corrected chi connectivity index (χ2v) is 10.6. The third-order valence-electron chi connectivity index (χ3n) is 6.81. The van der Waals surface area contributed by atoms with Crippen molar-refractivity contribution < 1.29 is 9.59 Å². The number of rotatable bonds is 4. The lowest BCUT2D eigenvalue weighted by Crippen LogP contribution is -2.41. The van der Waals surface area contributed by atoms with E-state index < -0.39 is 0 Å². The Morgan fingerprint density at radius 1 is 1.03 bits per heavy atom. The molecule has 1 fully saturated rings. The van der Waals surface area contributed by atoms with Gasteiger partial charge in [0.2, 0.25) is 0 Å². The third kappa shape index (κ3) is 4.59. The molecule has 4 nitrogen and oxygen atoms in total. The number of nitrogens with zero attached hydrogens (tertiary/aromatic N) is 1. The summed E-state index contributed by atoms with van der Waals surface area (Å²) in [6.45, 7) is 2.53. The molecule has 3 aromatic rings. The average Bonchev–Trinajstić information content (AvgIpc) is 2.96. The first-order valence-corrected chi connectivity index (χ1v) is 13.0. The van der Waals surface area contributed by atoms with Crippen molar-refractivity contribution in [2.45, 2.75) is 55.0 Å². The highest BCUT2D eigenvalue weighted by atomic mass is 35.5. The molecule has 1 saturated carbocycles. The topological polar surface area (TPSA) is 49.4 Å². The molecule has 6 heteroatoms. The second kappa shape index (κ2) is 9.85. The Balaban J connectivity index is 1.53. The molecule has 1 aliphatic carbocycles. The van der Waals surface area contributed by atoms with Crippen LogP contribution in [0.3, 0.4) is 0 Å². The molecule has 0 spiro atoms. The molecule has 5 rings (SSSR count). The van der Waals surface area contributed by atoms with Gasteiger partial charge in [0.1, 0.15) is 0 Å². The smallest absolute Gasteiger partial charge is 0.259 e. The number of nitrogens with one attached hydrogen (secondary N) is 1. The molecule has 0 radical (unpaired) electrons.